The Bertz CT molecular complexity index is 513. The number of methoxy groups -OCH3 is 1. The van der Waals surface area contributed by atoms with Gasteiger partial charge in [-0.05, 0) is 17.7 Å². The average molecular weight is 218 g/mol. The van der Waals surface area contributed by atoms with Crippen LogP contribution in [0.25, 0.3) is 11.1 Å². The topological polar surface area (TPSA) is 59.7 Å². The van der Waals surface area contributed by atoms with E-state index in [1.165, 1.54) is 19.6 Å². The Morgan fingerprint density at radius 2 is 2.19 bits per heavy atom. The van der Waals surface area contributed by atoms with Gasteiger partial charge < -0.3 is 14.3 Å². The Labute approximate surface area is 92.1 Å². The molecule has 0 aliphatic carbocycles. The number of aromatic hydroxyl groups is 1. The molecule has 16 heavy (non-hydrogen) atoms. The van der Waals surface area contributed by atoms with E-state index in [4.69, 9.17) is 4.42 Å². The van der Waals surface area contributed by atoms with Crippen LogP contribution in [0.4, 0.5) is 0 Å². The fraction of sp³-hybridized carbons (Fsp3) is 0.0833. The average Bonchev–Trinajstić information content (AvgIpc) is 2.77. The first kappa shape index (κ1) is 10.3. The van der Waals surface area contributed by atoms with E-state index in [0.717, 1.165) is 0 Å². The highest BCUT2D eigenvalue weighted by atomic mass is 16.5. The lowest BCUT2D eigenvalue weighted by molar-refractivity contribution is 0.0600. The highest BCUT2D eigenvalue weighted by Gasteiger charge is 2.15. The molecular weight excluding hydrogens is 208 g/mol. The van der Waals surface area contributed by atoms with Crippen molar-refractivity contribution in [1.29, 1.82) is 0 Å². The summed E-state index contributed by atoms with van der Waals surface area (Å²) in [5.74, 6) is -0.332. The molecule has 1 aromatic carbocycles. The summed E-state index contributed by atoms with van der Waals surface area (Å²) in [5.41, 5.74) is 1.64. The molecule has 0 unspecified atom stereocenters. The van der Waals surface area contributed by atoms with E-state index in [1.54, 1.807) is 24.3 Å². The largest absolute Gasteiger partial charge is 0.508 e. The van der Waals surface area contributed by atoms with Gasteiger partial charge >= 0.3 is 5.97 Å². The summed E-state index contributed by atoms with van der Waals surface area (Å²) in [6.07, 6.45) is 2.77. The Kier molecular flexibility index (Phi) is 2.64. The zero-order valence-corrected chi connectivity index (χ0v) is 8.64. The van der Waals surface area contributed by atoms with Gasteiger partial charge in [0.05, 0.1) is 13.4 Å². The molecule has 1 aromatic heterocycles. The van der Waals surface area contributed by atoms with Gasteiger partial charge in [0.15, 0.2) is 0 Å². The molecule has 0 saturated heterocycles. The molecule has 0 aliphatic rings. The van der Waals surface area contributed by atoms with E-state index in [1.807, 2.05) is 0 Å². The normalized spacial score (nSPS) is 10.1. The number of benzene rings is 1. The van der Waals surface area contributed by atoms with Crippen molar-refractivity contribution < 1.29 is 19.1 Å². The standard InChI is InChI=1S/C12H10O4/c1-15-12(14)11-7-16-6-10(11)8-3-2-4-9(13)5-8/h2-7,13H,1H3. The van der Waals surface area contributed by atoms with Crippen molar-refractivity contribution in [2.45, 2.75) is 0 Å². The molecule has 0 bridgehead atoms. The quantitative estimate of drug-likeness (QED) is 0.786. The first-order chi connectivity index (χ1) is 7.72. The van der Waals surface area contributed by atoms with E-state index in [9.17, 15) is 9.90 Å². The van der Waals surface area contributed by atoms with Crippen molar-refractivity contribution in [3.63, 3.8) is 0 Å². The number of phenols is 1. The minimum absolute atomic E-state index is 0.134. The molecule has 0 spiro atoms. The van der Waals surface area contributed by atoms with Crippen LogP contribution in [0, 0.1) is 0 Å². The smallest absolute Gasteiger partial charge is 0.341 e. The van der Waals surface area contributed by atoms with Crippen LogP contribution >= 0.6 is 0 Å². The predicted molar refractivity (Wildman–Crippen MR) is 57.1 cm³/mol. The van der Waals surface area contributed by atoms with Gasteiger partial charge in [0.2, 0.25) is 0 Å². The molecule has 0 amide bonds. The number of phenolic OH excluding ortho intramolecular Hbond substituents is 1. The SMILES string of the molecule is COC(=O)c1cocc1-c1cccc(O)c1. The molecule has 0 fully saturated rings. The van der Waals surface area contributed by atoms with Crippen molar-refractivity contribution >= 4 is 5.97 Å². The van der Waals surface area contributed by atoms with E-state index < -0.39 is 5.97 Å². The third-order valence-corrected chi connectivity index (χ3v) is 2.22. The molecule has 4 heteroatoms. The first-order valence-electron chi connectivity index (χ1n) is 4.66. The summed E-state index contributed by atoms with van der Waals surface area (Å²) < 4.78 is 9.61. The van der Waals surface area contributed by atoms with Crippen LogP contribution in [0.3, 0.4) is 0 Å². The Balaban J connectivity index is 2.48. The molecular formula is C12H10O4. The summed E-state index contributed by atoms with van der Waals surface area (Å²) in [4.78, 5) is 11.4. The van der Waals surface area contributed by atoms with Crippen LogP contribution in [0.2, 0.25) is 0 Å². The van der Waals surface area contributed by atoms with Gasteiger partial charge in [0.25, 0.3) is 0 Å². The number of hydrogen-bond donors (Lipinski definition) is 1. The van der Waals surface area contributed by atoms with Crippen LogP contribution in [-0.2, 0) is 4.74 Å². The number of esters is 1. The molecule has 2 aromatic rings. The second kappa shape index (κ2) is 4.10. The minimum atomic E-state index is -0.466. The zero-order chi connectivity index (χ0) is 11.5. The van der Waals surface area contributed by atoms with Crippen molar-refractivity contribution in [1.82, 2.24) is 0 Å². The third-order valence-electron chi connectivity index (χ3n) is 2.22. The molecule has 1 N–H and O–H groups in total. The molecule has 82 valence electrons. The van der Waals surface area contributed by atoms with Crippen molar-refractivity contribution in [2.24, 2.45) is 0 Å². The van der Waals surface area contributed by atoms with Crippen LogP contribution in [-0.4, -0.2) is 18.2 Å². The van der Waals surface area contributed by atoms with Crippen LogP contribution < -0.4 is 0 Å². The van der Waals surface area contributed by atoms with Gasteiger partial charge in [-0.2, -0.15) is 0 Å². The van der Waals surface area contributed by atoms with Crippen molar-refractivity contribution in [2.75, 3.05) is 7.11 Å². The van der Waals surface area contributed by atoms with Gasteiger partial charge in [0.1, 0.15) is 17.6 Å². The summed E-state index contributed by atoms with van der Waals surface area (Å²) in [5, 5.41) is 9.35. The number of carbonyl (C=O) groups is 1. The number of furan rings is 1. The Morgan fingerprint density at radius 3 is 2.88 bits per heavy atom. The summed E-state index contributed by atoms with van der Waals surface area (Å²) >= 11 is 0. The molecule has 4 nitrogen and oxygen atoms in total. The lowest BCUT2D eigenvalue weighted by Gasteiger charge is -2.01. The van der Waals surface area contributed by atoms with Gasteiger partial charge in [-0.3, -0.25) is 0 Å². The summed E-state index contributed by atoms with van der Waals surface area (Å²) in [6, 6.07) is 6.58. The maximum atomic E-state index is 11.4. The number of ether oxygens (including phenoxy) is 1. The van der Waals surface area contributed by atoms with Gasteiger partial charge in [-0.25, -0.2) is 4.79 Å². The van der Waals surface area contributed by atoms with Crippen molar-refractivity contribution in [3.8, 4) is 16.9 Å². The first-order valence-corrected chi connectivity index (χ1v) is 4.66. The lowest BCUT2D eigenvalue weighted by Crippen LogP contribution is -2.00. The molecule has 2 rings (SSSR count). The second-order valence-corrected chi connectivity index (χ2v) is 3.24. The fourth-order valence-electron chi connectivity index (χ4n) is 1.46. The Morgan fingerprint density at radius 1 is 1.38 bits per heavy atom. The molecule has 0 radical (unpaired) electrons. The van der Waals surface area contributed by atoms with E-state index in [-0.39, 0.29) is 5.75 Å². The van der Waals surface area contributed by atoms with Crippen molar-refractivity contribution in [3.05, 3.63) is 42.4 Å². The summed E-state index contributed by atoms with van der Waals surface area (Å²) in [7, 11) is 1.31. The predicted octanol–water partition coefficient (Wildman–Crippen LogP) is 2.44. The highest BCUT2D eigenvalue weighted by Crippen LogP contribution is 2.27. The molecule has 0 atom stereocenters. The number of rotatable bonds is 2. The van der Waals surface area contributed by atoms with Crippen LogP contribution in [0.1, 0.15) is 10.4 Å². The maximum Gasteiger partial charge on any atom is 0.341 e. The third kappa shape index (κ3) is 1.77. The van der Waals surface area contributed by atoms with E-state index in [0.29, 0.717) is 16.7 Å². The minimum Gasteiger partial charge on any atom is -0.508 e. The molecule has 1 heterocycles. The summed E-state index contributed by atoms with van der Waals surface area (Å²) in [6.45, 7) is 0. The van der Waals surface area contributed by atoms with Crippen LogP contribution in [0.5, 0.6) is 5.75 Å². The number of carbonyl (C=O) groups excluding carboxylic acids is 1. The molecule has 0 aliphatic heterocycles. The van der Waals surface area contributed by atoms with Crippen LogP contribution in [0.15, 0.2) is 41.2 Å². The van der Waals surface area contributed by atoms with E-state index in [2.05, 4.69) is 4.74 Å². The Hall–Kier alpha value is -2.23. The van der Waals surface area contributed by atoms with Gasteiger partial charge in [-0.15, -0.1) is 0 Å². The fourth-order valence-corrected chi connectivity index (χ4v) is 1.46. The molecule has 0 saturated carbocycles. The maximum absolute atomic E-state index is 11.4. The van der Waals surface area contributed by atoms with Gasteiger partial charge in [0, 0.05) is 5.56 Å². The highest BCUT2D eigenvalue weighted by molar-refractivity contribution is 5.96. The lowest BCUT2D eigenvalue weighted by atomic mass is 10.0. The van der Waals surface area contributed by atoms with E-state index >= 15 is 0 Å². The monoisotopic (exact) mass is 218 g/mol. The zero-order valence-electron chi connectivity index (χ0n) is 8.64. The second-order valence-electron chi connectivity index (χ2n) is 3.24. The number of hydrogen-bond acceptors (Lipinski definition) is 4. The van der Waals surface area contributed by atoms with Gasteiger partial charge in [-0.1, -0.05) is 12.1 Å².